The van der Waals surface area contributed by atoms with Crippen molar-refractivity contribution >= 4 is 16.7 Å². The molecule has 0 fully saturated rings. The van der Waals surface area contributed by atoms with Gasteiger partial charge in [-0.15, -0.1) is 0 Å². The Bertz CT molecular complexity index is 833. The number of carbonyl (C=O) groups excluding carboxylic acids is 1. The molecule has 2 aromatic rings. The number of benzene rings is 1. The molecule has 0 aliphatic carbocycles. The molecule has 0 spiro atoms. The van der Waals surface area contributed by atoms with E-state index in [2.05, 4.69) is 10.4 Å². The molecule has 2 atom stereocenters. The van der Waals surface area contributed by atoms with Gasteiger partial charge >= 0.3 is 0 Å². The van der Waals surface area contributed by atoms with Crippen LogP contribution in [0.15, 0.2) is 23.1 Å². The zero-order valence-corrected chi connectivity index (χ0v) is 15.5. The van der Waals surface area contributed by atoms with E-state index in [1.165, 1.54) is 20.4 Å². The van der Waals surface area contributed by atoms with E-state index in [0.717, 1.165) is 11.1 Å². The first-order chi connectivity index (χ1) is 12.5. The van der Waals surface area contributed by atoms with Gasteiger partial charge in [-0.3, -0.25) is 9.59 Å². The molecule has 2 N–H and O–H groups in total. The summed E-state index contributed by atoms with van der Waals surface area (Å²) >= 11 is 0. The summed E-state index contributed by atoms with van der Waals surface area (Å²) in [6.07, 6.45) is 2.32. The molecular formula is C18H25N3O5. The van der Waals surface area contributed by atoms with Gasteiger partial charge < -0.3 is 19.9 Å². The molecule has 8 heteroatoms. The highest BCUT2D eigenvalue weighted by Gasteiger charge is 2.19. The van der Waals surface area contributed by atoms with Gasteiger partial charge in [0, 0.05) is 5.39 Å². The number of hydrogen-bond donors (Lipinski definition) is 2. The van der Waals surface area contributed by atoms with Crippen LogP contribution in [0.4, 0.5) is 0 Å². The molecule has 1 aromatic heterocycles. The van der Waals surface area contributed by atoms with Crippen LogP contribution >= 0.6 is 0 Å². The lowest BCUT2D eigenvalue weighted by molar-refractivity contribution is -0.123. The lowest BCUT2D eigenvalue weighted by Crippen LogP contribution is -2.44. The molecule has 0 saturated carbocycles. The normalized spacial score (nSPS) is 13.3. The summed E-state index contributed by atoms with van der Waals surface area (Å²) in [6.45, 7) is 3.52. The van der Waals surface area contributed by atoms with Crippen LogP contribution in [-0.2, 0) is 11.3 Å². The second-order valence-electron chi connectivity index (χ2n) is 6.11. The highest BCUT2D eigenvalue weighted by Crippen LogP contribution is 2.32. The van der Waals surface area contributed by atoms with Gasteiger partial charge in [0.05, 0.1) is 38.5 Å². The maximum atomic E-state index is 12.8. The van der Waals surface area contributed by atoms with Crippen LogP contribution in [-0.4, -0.2) is 47.7 Å². The molecule has 0 aliphatic heterocycles. The number of methoxy groups -OCH3 is 2. The smallest absolute Gasteiger partial charge is 0.279 e. The number of fused-ring (bicyclic) bond motifs is 1. The molecule has 0 unspecified atom stereocenters. The number of rotatable bonds is 8. The average molecular weight is 363 g/mol. The molecule has 26 heavy (non-hydrogen) atoms. The minimum atomic E-state index is -0.447. The van der Waals surface area contributed by atoms with Gasteiger partial charge in [0.1, 0.15) is 6.54 Å². The summed E-state index contributed by atoms with van der Waals surface area (Å²) in [5.41, 5.74) is -0.447. The van der Waals surface area contributed by atoms with Gasteiger partial charge in [0.15, 0.2) is 11.5 Å². The lowest BCUT2D eigenvalue weighted by atomic mass is 10.00. The molecule has 1 heterocycles. The fourth-order valence-corrected chi connectivity index (χ4v) is 2.74. The van der Waals surface area contributed by atoms with Crippen molar-refractivity contribution < 1.29 is 19.4 Å². The molecule has 0 aliphatic rings. The van der Waals surface area contributed by atoms with Crippen LogP contribution < -0.4 is 20.3 Å². The number of aromatic nitrogens is 2. The number of nitrogens with one attached hydrogen (secondary N) is 1. The first-order valence-corrected chi connectivity index (χ1v) is 8.47. The number of nitrogens with zero attached hydrogens (tertiary/aromatic N) is 2. The zero-order chi connectivity index (χ0) is 19.3. The van der Waals surface area contributed by atoms with Crippen LogP contribution in [0.5, 0.6) is 11.5 Å². The number of amides is 1. The maximum Gasteiger partial charge on any atom is 0.279 e. The molecule has 142 valence electrons. The number of aliphatic hydroxyl groups excluding tert-OH is 1. The molecule has 2 rings (SSSR count). The van der Waals surface area contributed by atoms with Crippen molar-refractivity contribution in [2.24, 2.45) is 5.92 Å². The Labute approximate surface area is 151 Å². The van der Waals surface area contributed by atoms with Crippen LogP contribution in [0.25, 0.3) is 10.8 Å². The highest BCUT2D eigenvalue weighted by atomic mass is 16.5. The second kappa shape index (κ2) is 8.66. The highest BCUT2D eigenvalue weighted by molar-refractivity contribution is 5.89. The van der Waals surface area contributed by atoms with E-state index in [1.54, 1.807) is 12.1 Å². The minimum Gasteiger partial charge on any atom is -0.493 e. The van der Waals surface area contributed by atoms with E-state index in [4.69, 9.17) is 9.47 Å². The monoisotopic (exact) mass is 363 g/mol. The third-order valence-corrected chi connectivity index (χ3v) is 4.53. The first-order valence-electron chi connectivity index (χ1n) is 8.47. The van der Waals surface area contributed by atoms with E-state index in [0.29, 0.717) is 22.3 Å². The van der Waals surface area contributed by atoms with E-state index in [9.17, 15) is 14.7 Å². The summed E-state index contributed by atoms with van der Waals surface area (Å²) in [6, 6.07) is 3.04. The van der Waals surface area contributed by atoms with Crippen LogP contribution in [0, 0.1) is 5.92 Å². The molecule has 0 radical (unpaired) electrons. The molecular weight excluding hydrogens is 338 g/mol. The predicted molar refractivity (Wildman–Crippen MR) is 97.6 cm³/mol. The third-order valence-electron chi connectivity index (χ3n) is 4.53. The second-order valence-corrected chi connectivity index (χ2v) is 6.11. The fraction of sp³-hybridized carbons (Fsp3) is 0.500. The Hall–Kier alpha value is -2.61. The van der Waals surface area contributed by atoms with Gasteiger partial charge in [0.25, 0.3) is 5.56 Å². The molecule has 1 aromatic carbocycles. The summed E-state index contributed by atoms with van der Waals surface area (Å²) in [5.74, 6) is 0.463. The van der Waals surface area contributed by atoms with Gasteiger partial charge in [0.2, 0.25) is 5.91 Å². The number of hydrogen-bond acceptors (Lipinski definition) is 6. The minimum absolute atomic E-state index is 0.120. The quantitative estimate of drug-likeness (QED) is 0.723. The van der Waals surface area contributed by atoms with Gasteiger partial charge in [-0.2, -0.15) is 5.10 Å². The molecule has 1 amide bonds. The van der Waals surface area contributed by atoms with Crippen molar-refractivity contribution in [1.82, 2.24) is 15.1 Å². The maximum absolute atomic E-state index is 12.8. The molecule has 0 bridgehead atoms. The van der Waals surface area contributed by atoms with Crippen molar-refractivity contribution in [1.29, 1.82) is 0 Å². The van der Waals surface area contributed by atoms with Crippen molar-refractivity contribution in [3.05, 3.63) is 28.7 Å². The molecule has 0 saturated heterocycles. The van der Waals surface area contributed by atoms with E-state index in [-0.39, 0.29) is 31.0 Å². The summed E-state index contributed by atoms with van der Waals surface area (Å²) in [7, 11) is 2.94. The van der Waals surface area contributed by atoms with E-state index >= 15 is 0 Å². The number of ether oxygens (including phenoxy) is 2. The van der Waals surface area contributed by atoms with Crippen LogP contribution in [0.1, 0.15) is 20.3 Å². The predicted octanol–water partition coefficient (Wildman–Crippen LogP) is 0.937. The van der Waals surface area contributed by atoms with E-state index < -0.39 is 5.56 Å². The Balaban J connectivity index is 2.34. The average Bonchev–Trinajstić information content (AvgIpc) is 2.66. The number of aliphatic hydroxyl groups is 1. The standard InChI is InChI=1S/C18H25N3O5/c1-5-11(2)13(10-22)20-15(23)9-21-18(24)16-12(8-19-21)6-7-14(25-3)17(16)26-4/h6-8,11,13,22H,5,9-10H2,1-4H3,(H,20,23)/t11-,13+/m1/s1. The van der Waals surface area contributed by atoms with Gasteiger partial charge in [-0.25, -0.2) is 4.68 Å². The Morgan fingerprint density at radius 1 is 1.35 bits per heavy atom. The third kappa shape index (κ3) is 3.96. The summed E-state index contributed by atoms with van der Waals surface area (Å²) in [4.78, 5) is 25.1. The Morgan fingerprint density at radius 3 is 2.65 bits per heavy atom. The van der Waals surface area contributed by atoms with Crippen LogP contribution in [0.2, 0.25) is 0 Å². The van der Waals surface area contributed by atoms with Crippen molar-refractivity contribution in [2.75, 3.05) is 20.8 Å². The first kappa shape index (κ1) is 19.7. The van der Waals surface area contributed by atoms with Gasteiger partial charge in [-0.1, -0.05) is 20.3 Å². The zero-order valence-electron chi connectivity index (χ0n) is 15.5. The fourth-order valence-electron chi connectivity index (χ4n) is 2.74. The van der Waals surface area contributed by atoms with Crippen molar-refractivity contribution in [3.63, 3.8) is 0 Å². The largest absolute Gasteiger partial charge is 0.493 e. The van der Waals surface area contributed by atoms with Crippen molar-refractivity contribution in [3.8, 4) is 11.5 Å². The summed E-state index contributed by atoms with van der Waals surface area (Å²) in [5, 5.41) is 17.1. The topological polar surface area (TPSA) is 103 Å². The van der Waals surface area contributed by atoms with Crippen molar-refractivity contribution in [2.45, 2.75) is 32.9 Å². The molecule has 8 nitrogen and oxygen atoms in total. The number of carbonyl (C=O) groups is 1. The van der Waals surface area contributed by atoms with Crippen LogP contribution in [0.3, 0.4) is 0 Å². The Kier molecular flexibility index (Phi) is 6.57. The Morgan fingerprint density at radius 2 is 2.08 bits per heavy atom. The SMILES string of the molecule is CC[C@@H](C)[C@H](CO)NC(=O)Cn1ncc2ccc(OC)c(OC)c2c1=O. The summed E-state index contributed by atoms with van der Waals surface area (Å²) < 4.78 is 11.6. The lowest BCUT2D eigenvalue weighted by Gasteiger charge is -2.22. The van der Waals surface area contributed by atoms with E-state index in [1.807, 2.05) is 13.8 Å². The van der Waals surface area contributed by atoms with Gasteiger partial charge in [-0.05, 0) is 18.1 Å².